The van der Waals surface area contributed by atoms with E-state index < -0.39 is 0 Å². The van der Waals surface area contributed by atoms with Gasteiger partial charge < -0.3 is 4.42 Å². The number of nitrogens with zero attached hydrogens (tertiary/aromatic N) is 2. The number of hydrogen-bond donors (Lipinski definition) is 1. The molecule has 0 aliphatic carbocycles. The molecule has 134 valence electrons. The minimum absolute atomic E-state index is 0.113. The van der Waals surface area contributed by atoms with Crippen molar-refractivity contribution in [2.24, 2.45) is 0 Å². The van der Waals surface area contributed by atoms with Gasteiger partial charge >= 0.3 is 6.01 Å². The number of hydrogen-bond acceptors (Lipinski definition) is 5. The van der Waals surface area contributed by atoms with Crippen LogP contribution in [0, 0.1) is 13.8 Å². The monoisotopic (exact) mass is 367 g/mol. The van der Waals surface area contributed by atoms with E-state index in [1.54, 1.807) is 11.8 Å². The van der Waals surface area contributed by atoms with E-state index in [2.05, 4.69) is 46.7 Å². The molecule has 1 N–H and O–H groups in total. The van der Waals surface area contributed by atoms with Crippen molar-refractivity contribution < 1.29 is 9.21 Å². The lowest BCUT2D eigenvalue weighted by Gasteiger charge is -2.04. The standard InChI is InChI=1S/C20H21N3O2S/c1-4-26-17-7-5-15(6-8-17)12-18-22-23-20(25-18)21-19(24)16-10-13(2)9-14(3)11-16/h5-11H,4,12H2,1-3H3,(H,21,23,24). The normalized spacial score (nSPS) is 10.7. The van der Waals surface area contributed by atoms with Crippen molar-refractivity contribution in [3.63, 3.8) is 0 Å². The first kappa shape index (κ1) is 18.2. The molecule has 1 aromatic heterocycles. The van der Waals surface area contributed by atoms with Crippen LogP contribution in [0.5, 0.6) is 0 Å². The summed E-state index contributed by atoms with van der Waals surface area (Å²) in [6.45, 7) is 6.04. The highest BCUT2D eigenvalue weighted by molar-refractivity contribution is 7.99. The first-order valence-electron chi connectivity index (χ1n) is 8.47. The molecular weight excluding hydrogens is 346 g/mol. The summed E-state index contributed by atoms with van der Waals surface area (Å²) >= 11 is 1.80. The van der Waals surface area contributed by atoms with Crippen molar-refractivity contribution in [2.75, 3.05) is 11.1 Å². The fourth-order valence-electron chi connectivity index (χ4n) is 2.70. The van der Waals surface area contributed by atoms with Crippen LogP contribution in [0.1, 0.15) is 39.9 Å². The summed E-state index contributed by atoms with van der Waals surface area (Å²) in [7, 11) is 0. The Morgan fingerprint density at radius 3 is 2.42 bits per heavy atom. The predicted octanol–water partition coefficient (Wildman–Crippen LogP) is 4.64. The second-order valence-electron chi connectivity index (χ2n) is 6.09. The number of carbonyl (C=O) groups excluding carboxylic acids is 1. The van der Waals surface area contributed by atoms with Gasteiger partial charge in [0.25, 0.3) is 5.91 Å². The van der Waals surface area contributed by atoms with Crippen molar-refractivity contribution in [3.05, 3.63) is 70.6 Å². The Morgan fingerprint density at radius 2 is 1.77 bits per heavy atom. The number of thioether (sulfide) groups is 1. The Morgan fingerprint density at radius 1 is 1.08 bits per heavy atom. The Bertz CT molecular complexity index is 883. The molecule has 0 spiro atoms. The zero-order chi connectivity index (χ0) is 18.5. The number of rotatable bonds is 6. The van der Waals surface area contributed by atoms with E-state index in [0.29, 0.717) is 17.9 Å². The lowest BCUT2D eigenvalue weighted by atomic mass is 10.1. The van der Waals surface area contributed by atoms with E-state index in [1.165, 1.54) is 4.90 Å². The van der Waals surface area contributed by atoms with Crippen LogP contribution in [0.2, 0.25) is 0 Å². The fourth-order valence-corrected chi connectivity index (χ4v) is 3.36. The molecular formula is C20H21N3O2S. The minimum Gasteiger partial charge on any atom is -0.407 e. The molecule has 0 unspecified atom stereocenters. The van der Waals surface area contributed by atoms with Gasteiger partial charge in [0, 0.05) is 10.5 Å². The second kappa shape index (κ2) is 8.19. The lowest BCUT2D eigenvalue weighted by molar-refractivity contribution is 0.102. The molecule has 3 rings (SSSR count). The Labute approximate surface area is 157 Å². The third-order valence-electron chi connectivity index (χ3n) is 3.76. The first-order chi connectivity index (χ1) is 12.5. The summed E-state index contributed by atoms with van der Waals surface area (Å²) in [5.41, 5.74) is 3.73. The summed E-state index contributed by atoms with van der Waals surface area (Å²) in [5, 5.41) is 10.6. The van der Waals surface area contributed by atoms with Crippen molar-refractivity contribution in [2.45, 2.75) is 32.1 Å². The lowest BCUT2D eigenvalue weighted by Crippen LogP contribution is -2.12. The van der Waals surface area contributed by atoms with Gasteiger partial charge in [-0.1, -0.05) is 41.3 Å². The number of aryl methyl sites for hydroxylation is 2. The molecule has 6 heteroatoms. The summed E-state index contributed by atoms with van der Waals surface area (Å²) in [6, 6.07) is 14.1. The highest BCUT2D eigenvalue weighted by atomic mass is 32.2. The summed E-state index contributed by atoms with van der Waals surface area (Å²) < 4.78 is 5.56. The molecule has 0 bridgehead atoms. The van der Waals surface area contributed by atoms with Crippen LogP contribution in [-0.2, 0) is 6.42 Å². The molecule has 0 aliphatic heterocycles. The molecule has 0 aliphatic rings. The van der Waals surface area contributed by atoms with E-state index in [9.17, 15) is 4.79 Å². The molecule has 1 amide bonds. The maximum absolute atomic E-state index is 12.3. The molecule has 0 fully saturated rings. The van der Waals surface area contributed by atoms with Crippen molar-refractivity contribution >= 4 is 23.7 Å². The van der Waals surface area contributed by atoms with Crippen LogP contribution in [0.25, 0.3) is 0 Å². The molecule has 0 saturated heterocycles. The third kappa shape index (κ3) is 4.73. The quantitative estimate of drug-likeness (QED) is 0.643. The zero-order valence-corrected chi connectivity index (χ0v) is 15.9. The van der Waals surface area contributed by atoms with Crippen LogP contribution in [0.15, 0.2) is 51.8 Å². The minimum atomic E-state index is -0.257. The van der Waals surface area contributed by atoms with Gasteiger partial charge in [0.1, 0.15) is 0 Å². The molecule has 1 heterocycles. The average Bonchev–Trinajstić information content (AvgIpc) is 3.03. The van der Waals surface area contributed by atoms with E-state index in [0.717, 1.165) is 22.4 Å². The SMILES string of the molecule is CCSc1ccc(Cc2nnc(NC(=O)c3cc(C)cc(C)c3)o2)cc1. The Kier molecular flexibility index (Phi) is 5.73. The number of anilines is 1. The van der Waals surface area contributed by atoms with Crippen LogP contribution in [0.4, 0.5) is 6.01 Å². The predicted molar refractivity (Wildman–Crippen MR) is 104 cm³/mol. The smallest absolute Gasteiger partial charge is 0.322 e. The van der Waals surface area contributed by atoms with Crippen molar-refractivity contribution in [1.82, 2.24) is 10.2 Å². The van der Waals surface area contributed by atoms with Gasteiger partial charge in [0.05, 0.1) is 6.42 Å². The molecule has 0 atom stereocenters. The van der Waals surface area contributed by atoms with E-state index in [-0.39, 0.29) is 11.9 Å². The number of amides is 1. The Hall–Kier alpha value is -2.60. The molecule has 0 saturated carbocycles. The van der Waals surface area contributed by atoms with E-state index >= 15 is 0 Å². The molecule has 0 radical (unpaired) electrons. The molecule has 3 aromatic rings. The number of nitrogens with one attached hydrogen (secondary N) is 1. The number of aromatic nitrogens is 2. The van der Waals surface area contributed by atoms with E-state index in [1.807, 2.05) is 32.0 Å². The number of carbonyl (C=O) groups is 1. The van der Waals surface area contributed by atoms with Gasteiger partial charge in [-0.3, -0.25) is 10.1 Å². The average molecular weight is 367 g/mol. The summed E-state index contributed by atoms with van der Waals surface area (Å²) in [4.78, 5) is 13.6. The highest BCUT2D eigenvalue weighted by Gasteiger charge is 2.12. The highest BCUT2D eigenvalue weighted by Crippen LogP contribution is 2.19. The summed E-state index contributed by atoms with van der Waals surface area (Å²) in [5.74, 6) is 1.26. The molecule has 2 aromatic carbocycles. The Balaban J connectivity index is 1.64. The van der Waals surface area contributed by atoms with Gasteiger partial charge in [-0.15, -0.1) is 16.9 Å². The molecule has 5 nitrogen and oxygen atoms in total. The maximum atomic E-state index is 12.3. The first-order valence-corrected chi connectivity index (χ1v) is 9.46. The maximum Gasteiger partial charge on any atom is 0.322 e. The molecule has 26 heavy (non-hydrogen) atoms. The second-order valence-corrected chi connectivity index (χ2v) is 7.42. The van der Waals surface area contributed by atoms with Gasteiger partial charge in [-0.25, -0.2) is 0 Å². The van der Waals surface area contributed by atoms with Crippen molar-refractivity contribution in [1.29, 1.82) is 0 Å². The fraction of sp³-hybridized carbons (Fsp3) is 0.250. The van der Waals surface area contributed by atoms with E-state index in [4.69, 9.17) is 4.42 Å². The zero-order valence-electron chi connectivity index (χ0n) is 15.1. The largest absolute Gasteiger partial charge is 0.407 e. The topological polar surface area (TPSA) is 68.0 Å². The summed E-state index contributed by atoms with van der Waals surface area (Å²) in [6.07, 6.45) is 0.531. The van der Waals surface area contributed by atoms with Gasteiger partial charge in [-0.05, 0) is 49.4 Å². The van der Waals surface area contributed by atoms with Gasteiger partial charge in [0.15, 0.2) is 0 Å². The van der Waals surface area contributed by atoms with Crippen LogP contribution < -0.4 is 5.32 Å². The number of benzene rings is 2. The van der Waals surface area contributed by atoms with Gasteiger partial charge in [0.2, 0.25) is 5.89 Å². The third-order valence-corrected chi connectivity index (χ3v) is 4.66. The van der Waals surface area contributed by atoms with Crippen LogP contribution >= 0.6 is 11.8 Å². The van der Waals surface area contributed by atoms with Crippen molar-refractivity contribution in [3.8, 4) is 0 Å². The van der Waals surface area contributed by atoms with Crippen LogP contribution in [0.3, 0.4) is 0 Å². The van der Waals surface area contributed by atoms with Gasteiger partial charge in [-0.2, -0.15) is 0 Å². The van der Waals surface area contributed by atoms with Crippen LogP contribution in [-0.4, -0.2) is 21.9 Å².